The van der Waals surface area contributed by atoms with Crippen LogP contribution in [0.5, 0.6) is 5.75 Å². The molecule has 0 atom stereocenters. The Kier molecular flexibility index (Phi) is 8.21. The van der Waals surface area contributed by atoms with Gasteiger partial charge in [0.05, 0.1) is 31.1 Å². The van der Waals surface area contributed by atoms with Gasteiger partial charge < -0.3 is 9.64 Å². The van der Waals surface area contributed by atoms with Crippen molar-refractivity contribution in [1.82, 2.24) is 19.4 Å². The summed E-state index contributed by atoms with van der Waals surface area (Å²) in [7, 11) is 1.60. The number of imide groups is 1. The van der Waals surface area contributed by atoms with Gasteiger partial charge >= 0.3 is 6.03 Å². The number of hydrogen-bond donors (Lipinski definition) is 0. The summed E-state index contributed by atoms with van der Waals surface area (Å²) < 4.78 is 22.6. The number of halogens is 1. The fourth-order valence-corrected chi connectivity index (χ4v) is 7.00. The second-order valence-corrected chi connectivity index (χ2v) is 12.5. The quantitative estimate of drug-likeness (QED) is 0.333. The molecule has 4 heterocycles. The highest BCUT2D eigenvalue weighted by molar-refractivity contribution is 6.07. The predicted octanol–water partition coefficient (Wildman–Crippen LogP) is 5.94. The minimum atomic E-state index is -0.993. The molecule has 42 heavy (non-hydrogen) atoms. The summed E-state index contributed by atoms with van der Waals surface area (Å²) in [6, 6.07) is 9.67. The zero-order valence-corrected chi connectivity index (χ0v) is 24.9. The van der Waals surface area contributed by atoms with Gasteiger partial charge in [0, 0.05) is 31.3 Å². The van der Waals surface area contributed by atoms with Crippen LogP contribution in [-0.2, 0) is 17.8 Å². The molecule has 0 radical (unpaired) electrons. The highest BCUT2D eigenvalue weighted by Gasteiger charge is 2.36. The van der Waals surface area contributed by atoms with Crippen molar-refractivity contribution < 1.29 is 18.7 Å². The average molecular weight is 576 g/mol. The maximum atomic E-state index is 15.2. The van der Waals surface area contributed by atoms with Crippen molar-refractivity contribution in [2.75, 3.05) is 38.2 Å². The van der Waals surface area contributed by atoms with Crippen LogP contribution in [0.3, 0.4) is 0 Å². The molecule has 224 valence electrons. The van der Waals surface area contributed by atoms with E-state index in [1.807, 2.05) is 31.3 Å². The SMILES string of the molecule is COc1cc(C)ccc1CN1C(=O)CCN(c2cnn3ccc(CC4CCN(CC5(F)CCCCC5)CC4)cc23)C1=O. The Morgan fingerprint density at radius 2 is 1.83 bits per heavy atom. The lowest BCUT2D eigenvalue weighted by Gasteiger charge is -2.38. The molecular weight excluding hydrogens is 533 g/mol. The molecule has 3 aliphatic rings. The summed E-state index contributed by atoms with van der Waals surface area (Å²) in [4.78, 5) is 31.9. The van der Waals surface area contributed by atoms with Crippen molar-refractivity contribution in [3.63, 3.8) is 0 Å². The molecule has 0 N–H and O–H groups in total. The molecule has 3 amide bonds. The predicted molar refractivity (Wildman–Crippen MR) is 161 cm³/mol. The molecule has 1 aliphatic carbocycles. The van der Waals surface area contributed by atoms with Crippen LogP contribution in [0, 0.1) is 12.8 Å². The van der Waals surface area contributed by atoms with E-state index < -0.39 is 5.67 Å². The molecule has 2 aliphatic heterocycles. The van der Waals surface area contributed by atoms with Gasteiger partial charge in [-0.15, -0.1) is 0 Å². The van der Waals surface area contributed by atoms with E-state index >= 15 is 4.39 Å². The number of methoxy groups -OCH3 is 1. The van der Waals surface area contributed by atoms with Crippen molar-refractivity contribution in [2.24, 2.45) is 5.92 Å². The third kappa shape index (κ3) is 6.02. The number of rotatable bonds is 8. The Morgan fingerprint density at radius 1 is 1.05 bits per heavy atom. The molecule has 3 fully saturated rings. The Bertz CT molecular complexity index is 1440. The first-order valence-electron chi connectivity index (χ1n) is 15.4. The molecule has 1 aromatic carbocycles. The summed E-state index contributed by atoms with van der Waals surface area (Å²) in [5.41, 5.74) is 3.63. The normalized spacial score (nSPS) is 20.5. The van der Waals surface area contributed by atoms with Gasteiger partial charge in [0.1, 0.15) is 11.4 Å². The topological polar surface area (TPSA) is 70.4 Å². The maximum Gasteiger partial charge on any atom is 0.331 e. The molecule has 0 bridgehead atoms. The summed E-state index contributed by atoms with van der Waals surface area (Å²) in [5, 5.41) is 4.51. The van der Waals surface area contributed by atoms with E-state index in [0.29, 0.717) is 43.3 Å². The number of aryl methyl sites for hydroxylation is 1. The maximum absolute atomic E-state index is 15.2. The van der Waals surface area contributed by atoms with Crippen LogP contribution in [0.2, 0.25) is 0 Å². The van der Waals surface area contributed by atoms with Gasteiger partial charge in [0.15, 0.2) is 0 Å². The zero-order valence-electron chi connectivity index (χ0n) is 24.9. The number of anilines is 1. The lowest BCUT2D eigenvalue weighted by atomic mass is 9.84. The average Bonchev–Trinajstić information content (AvgIpc) is 3.40. The van der Waals surface area contributed by atoms with Gasteiger partial charge in [-0.2, -0.15) is 5.10 Å². The number of ether oxygens (including phenoxy) is 1. The fraction of sp³-hybridized carbons (Fsp3) is 0.545. The van der Waals surface area contributed by atoms with Gasteiger partial charge in [0.25, 0.3) is 0 Å². The number of carbonyl (C=O) groups is 2. The van der Waals surface area contributed by atoms with Gasteiger partial charge in [-0.1, -0.05) is 31.4 Å². The number of alkyl halides is 1. The largest absolute Gasteiger partial charge is 0.496 e. The molecule has 6 rings (SSSR count). The van der Waals surface area contributed by atoms with Crippen LogP contribution in [0.25, 0.3) is 5.52 Å². The van der Waals surface area contributed by atoms with Crippen LogP contribution in [0.15, 0.2) is 42.7 Å². The molecular formula is C33H42FN5O3. The number of fused-ring (bicyclic) bond motifs is 1. The first kappa shape index (κ1) is 28.6. The lowest BCUT2D eigenvalue weighted by molar-refractivity contribution is -0.129. The van der Waals surface area contributed by atoms with E-state index in [1.165, 1.54) is 16.9 Å². The van der Waals surface area contributed by atoms with E-state index in [4.69, 9.17) is 4.74 Å². The first-order chi connectivity index (χ1) is 20.3. The van der Waals surface area contributed by atoms with Gasteiger partial charge in [-0.25, -0.2) is 13.7 Å². The number of amides is 3. The second kappa shape index (κ2) is 12.0. The molecule has 9 heteroatoms. The van der Waals surface area contributed by atoms with Crippen LogP contribution in [0.1, 0.15) is 68.1 Å². The number of carbonyl (C=O) groups excluding carboxylic acids is 2. The van der Waals surface area contributed by atoms with Crippen molar-refractivity contribution in [3.05, 3.63) is 59.4 Å². The lowest BCUT2D eigenvalue weighted by Crippen LogP contribution is -2.52. The van der Waals surface area contributed by atoms with E-state index in [0.717, 1.165) is 61.8 Å². The number of likely N-dealkylation sites (tertiary alicyclic amines) is 1. The zero-order chi connectivity index (χ0) is 29.3. The first-order valence-corrected chi connectivity index (χ1v) is 15.4. The Labute approximate surface area is 247 Å². The second-order valence-electron chi connectivity index (χ2n) is 12.5. The number of hydrogen-bond acceptors (Lipinski definition) is 5. The van der Waals surface area contributed by atoms with Crippen molar-refractivity contribution in [1.29, 1.82) is 0 Å². The van der Waals surface area contributed by atoms with Gasteiger partial charge in [-0.3, -0.25) is 14.6 Å². The number of benzene rings is 1. The summed E-state index contributed by atoms with van der Waals surface area (Å²) >= 11 is 0. The Balaban J connectivity index is 1.13. The number of urea groups is 1. The molecule has 1 saturated carbocycles. The summed E-state index contributed by atoms with van der Waals surface area (Å²) in [5.74, 6) is 1.02. The molecule has 2 aromatic heterocycles. The third-order valence-electron chi connectivity index (χ3n) is 9.43. The fourth-order valence-electron chi connectivity index (χ4n) is 7.00. The molecule has 0 spiro atoms. The van der Waals surface area contributed by atoms with Crippen LogP contribution < -0.4 is 9.64 Å². The van der Waals surface area contributed by atoms with E-state index in [1.54, 1.807) is 22.7 Å². The standard InChI is InChI=1S/C33H42FN5O3/c1-24-6-7-27(30(18-24)42-2)22-38-31(40)11-16-37(32(38)41)29-21-35-39-17-10-26(20-28(29)39)19-25-8-14-36(15-9-25)23-33(34)12-4-3-5-13-33/h6-7,10,17-18,20-21,25H,3-5,8-9,11-16,19,22-23H2,1-2H3. The molecule has 0 unspecified atom stereocenters. The van der Waals surface area contributed by atoms with Gasteiger partial charge in [-0.05, 0) is 87.4 Å². The number of aromatic nitrogens is 2. The van der Waals surface area contributed by atoms with Crippen LogP contribution in [-0.4, -0.2) is 70.3 Å². The van der Waals surface area contributed by atoms with Gasteiger partial charge in [0.2, 0.25) is 5.91 Å². The molecule has 3 aromatic rings. The summed E-state index contributed by atoms with van der Waals surface area (Å²) in [6.07, 6.45) is 11.6. The smallest absolute Gasteiger partial charge is 0.331 e. The van der Waals surface area contributed by atoms with E-state index in [-0.39, 0.29) is 24.9 Å². The van der Waals surface area contributed by atoms with Crippen LogP contribution >= 0.6 is 0 Å². The Hall–Kier alpha value is -3.46. The Morgan fingerprint density at radius 3 is 2.60 bits per heavy atom. The van der Waals surface area contributed by atoms with Crippen molar-refractivity contribution >= 4 is 23.1 Å². The highest BCUT2D eigenvalue weighted by Crippen LogP contribution is 2.34. The van der Waals surface area contributed by atoms with Crippen molar-refractivity contribution in [2.45, 2.75) is 76.9 Å². The number of piperidine rings is 1. The van der Waals surface area contributed by atoms with Crippen LogP contribution in [0.4, 0.5) is 14.9 Å². The molecule has 8 nitrogen and oxygen atoms in total. The highest BCUT2D eigenvalue weighted by atomic mass is 19.1. The van der Waals surface area contributed by atoms with E-state index in [9.17, 15) is 9.59 Å². The minimum absolute atomic E-state index is 0.157. The minimum Gasteiger partial charge on any atom is -0.496 e. The molecule has 2 saturated heterocycles. The van der Waals surface area contributed by atoms with E-state index in [2.05, 4.69) is 22.1 Å². The number of pyridine rings is 1. The monoisotopic (exact) mass is 575 g/mol. The summed E-state index contributed by atoms with van der Waals surface area (Å²) in [6.45, 7) is 4.95. The third-order valence-corrected chi connectivity index (χ3v) is 9.43. The van der Waals surface area contributed by atoms with Crippen molar-refractivity contribution in [3.8, 4) is 5.75 Å². The number of nitrogens with zero attached hydrogens (tertiary/aromatic N) is 5.